The van der Waals surface area contributed by atoms with Crippen molar-refractivity contribution in [3.8, 4) is 0 Å². The third-order valence-corrected chi connectivity index (χ3v) is 4.26. The lowest BCUT2D eigenvalue weighted by Gasteiger charge is -2.37. The summed E-state index contributed by atoms with van der Waals surface area (Å²) in [6, 6.07) is 3.14. The highest BCUT2D eigenvalue weighted by molar-refractivity contribution is 5.98. The number of piperidine rings is 1. The van der Waals surface area contributed by atoms with Crippen LogP contribution in [0.2, 0.25) is 0 Å². The molecule has 1 aromatic carbocycles. The number of aliphatic hydroxyl groups is 1. The molecule has 23 heavy (non-hydrogen) atoms. The molecule has 0 saturated carbocycles. The fraction of sp³-hybridized carbons (Fsp3) is 0.467. The number of hydrogen-bond donors (Lipinski definition) is 2. The first-order chi connectivity index (χ1) is 10.8. The monoisotopic (exact) mass is 322 g/mol. The number of hydrogen-bond acceptors (Lipinski definition) is 5. The van der Waals surface area contributed by atoms with Crippen LogP contribution in [-0.2, 0) is 0 Å². The molecule has 0 radical (unpaired) electrons. The van der Waals surface area contributed by atoms with E-state index in [2.05, 4.69) is 0 Å². The zero-order chi connectivity index (χ0) is 17.2. The Hall–Kier alpha value is -2.48. The molecule has 1 aromatic rings. The average molecular weight is 322 g/mol. The predicted molar refractivity (Wildman–Crippen MR) is 80.4 cm³/mol. The Kier molecular flexibility index (Phi) is 4.65. The Bertz CT molecular complexity index is 617. The third kappa shape index (κ3) is 3.65. The van der Waals surface area contributed by atoms with E-state index < -0.39 is 28.1 Å². The van der Waals surface area contributed by atoms with Crippen LogP contribution in [0.15, 0.2) is 18.2 Å². The van der Waals surface area contributed by atoms with Gasteiger partial charge in [0, 0.05) is 30.8 Å². The van der Waals surface area contributed by atoms with Gasteiger partial charge in [0.2, 0.25) is 0 Å². The van der Waals surface area contributed by atoms with Gasteiger partial charge >= 0.3 is 5.97 Å². The number of nitro benzene ring substituents is 1. The minimum atomic E-state index is -1.33. The SMILES string of the molecule is CCC1(O)CCN(C(=O)c2cc(C(=O)O)cc([N+](=O)[O-])c2)CC1. The molecule has 1 amide bonds. The highest BCUT2D eigenvalue weighted by atomic mass is 16.6. The number of amides is 1. The number of non-ortho nitro benzene ring substituents is 1. The molecule has 0 bridgehead atoms. The first-order valence-electron chi connectivity index (χ1n) is 7.30. The van der Waals surface area contributed by atoms with Crippen LogP contribution in [0.4, 0.5) is 5.69 Å². The number of rotatable bonds is 4. The number of carbonyl (C=O) groups is 2. The lowest BCUT2D eigenvalue weighted by atomic mass is 9.89. The number of carboxylic acids is 1. The molecule has 0 aromatic heterocycles. The van der Waals surface area contributed by atoms with E-state index in [9.17, 15) is 24.8 Å². The van der Waals surface area contributed by atoms with Crippen molar-refractivity contribution < 1.29 is 24.7 Å². The molecule has 0 atom stereocenters. The molecule has 8 heteroatoms. The van der Waals surface area contributed by atoms with E-state index in [1.165, 1.54) is 4.90 Å². The van der Waals surface area contributed by atoms with Gasteiger partial charge in [-0.15, -0.1) is 0 Å². The zero-order valence-corrected chi connectivity index (χ0v) is 12.7. The molecule has 1 saturated heterocycles. The molecular weight excluding hydrogens is 304 g/mol. The van der Waals surface area contributed by atoms with E-state index >= 15 is 0 Å². The van der Waals surface area contributed by atoms with Crippen LogP contribution in [-0.4, -0.2) is 50.6 Å². The topological polar surface area (TPSA) is 121 Å². The quantitative estimate of drug-likeness (QED) is 0.642. The van der Waals surface area contributed by atoms with Crippen molar-refractivity contribution in [3.05, 3.63) is 39.4 Å². The van der Waals surface area contributed by atoms with E-state index in [-0.39, 0.29) is 11.1 Å². The van der Waals surface area contributed by atoms with Gasteiger partial charge in [-0.05, 0) is 25.3 Å². The highest BCUT2D eigenvalue weighted by Gasteiger charge is 2.33. The van der Waals surface area contributed by atoms with Crippen LogP contribution >= 0.6 is 0 Å². The maximum Gasteiger partial charge on any atom is 0.335 e. The molecule has 1 heterocycles. The van der Waals surface area contributed by atoms with Crippen LogP contribution in [0.5, 0.6) is 0 Å². The molecule has 1 aliphatic rings. The molecule has 8 nitrogen and oxygen atoms in total. The minimum absolute atomic E-state index is 0.0291. The van der Waals surface area contributed by atoms with Gasteiger partial charge in [-0.2, -0.15) is 0 Å². The van der Waals surface area contributed by atoms with Crippen molar-refractivity contribution in [2.75, 3.05) is 13.1 Å². The van der Waals surface area contributed by atoms with Gasteiger partial charge in [0.25, 0.3) is 11.6 Å². The molecule has 124 valence electrons. The summed E-state index contributed by atoms with van der Waals surface area (Å²) in [5, 5.41) is 30.1. The summed E-state index contributed by atoms with van der Waals surface area (Å²) in [6.07, 6.45) is 1.45. The van der Waals surface area contributed by atoms with Crippen molar-refractivity contribution in [1.82, 2.24) is 4.90 Å². The second-order valence-corrected chi connectivity index (χ2v) is 5.70. The molecule has 1 fully saturated rings. The maximum atomic E-state index is 12.5. The van der Waals surface area contributed by atoms with E-state index in [4.69, 9.17) is 5.11 Å². The van der Waals surface area contributed by atoms with Crippen molar-refractivity contribution in [3.63, 3.8) is 0 Å². The van der Waals surface area contributed by atoms with Crippen molar-refractivity contribution in [2.24, 2.45) is 0 Å². The second kappa shape index (κ2) is 6.33. The second-order valence-electron chi connectivity index (χ2n) is 5.70. The van der Waals surface area contributed by atoms with Crippen LogP contribution in [0.1, 0.15) is 46.9 Å². The van der Waals surface area contributed by atoms with Gasteiger partial charge in [-0.3, -0.25) is 14.9 Å². The largest absolute Gasteiger partial charge is 0.478 e. The number of nitrogens with zero attached hydrogens (tertiary/aromatic N) is 2. The Balaban J connectivity index is 2.26. The summed E-state index contributed by atoms with van der Waals surface area (Å²) in [6.45, 7) is 2.53. The minimum Gasteiger partial charge on any atom is -0.478 e. The van der Waals surface area contributed by atoms with Crippen LogP contribution in [0.25, 0.3) is 0 Å². The lowest BCUT2D eigenvalue weighted by Crippen LogP contribution is -2.46. The summed E-state index contributed by atoms with van der Waals surface area (Å²) < 4.78 is 0. The van der Waals surface area contributed by atoms with Crippen molar-refractivity contribution in [2.45, 2.75) is 31.8 Å². The van der Waals surface area contributed by atoms with E-state index in [1.54, 1.807) is 0 Å². The molecule has 1 aliphatic heterocycles. The normalized spacial score (nSPS) is 16.9. The first kappa shape index (κ1) is 16.9. The van der Waals surface area contributed by atoms with Gasteiger partial charge in [0.1, 0.15) is 0 Å². The molecule has 2 rings (SSSR count). The Morgan fingerprint density at radius 2 is 1.83 bits per heavy atom. The van der Waals surface area contributed by atoms with Crippen molar-refractivity contribution in [1.29, 1.82) is 0 Å². The van der Waals surface area contributed by atoms with Crippen LogP contribution in [0, 0.1) is 10.1 Å². The summed E-state index contributed by atoms with van der Waals surface area (Å²) in [5.41, 5.74) is -1.55. The molecule has 2 N–H and O–H groups in total. The van der Waals surface area contributed by atoms with Crippen molar-refractivity contribution >= 4 is 17.6 Å². The number of carbonyl (C=O) groups excluding carboxylic acids is 1. The number of likely N-dealkylation sites (tertiary alicyclic amines) is 1. The molecule has 0 spiro atoms. The summed E-state index contributed by atoms with van der Waals surface area (Å²) in [4.78, 5) is 35.2. The zero-order valence-electron chi connectivity index (χ0n) is 12.7. The number of nitro groups is 1. The first-order valence-corrected chi connectivity index (χ1v) is 7.30. The fourth-order valence-corrected chi connectivity index (χ4v) is 2.63. The average Bonchev–Trinajstić information content (AvgIpc) is 2.54. The standard InChI is InChI=1S/C15H18N2O6/c1-2-15(21)3-5-16(6-4-15)13(18)10-7-11(14(19)20)9-12(8-10)17(22)23/h7-9,21H,2-6H2,1H3,(H,19,20). The van der Waals surface area contributed by atoms with E-state index in [0.29, 0.717) is 32.4 Å². The number of carboxylic acid groups (broad SMARTS) is 1. The Morgan fingerprint density at radius 1 is 1.26 bits per heavy atom. The third-order valence-electron chi connectivity index (χ3n) is 4.26. The fourth-order valence-electron chi connectivity index (χ4n) is 2.63. The Labute approximate surface area is 132 Å². The summed E-state index contributed by atoms with van der Waals surface area (Å²) in [5.74, 6) is -1.80. The van der Waals surface area contributed by atoms with Crippen LogP contribution < -0.4 is 0 Å². The molecule has 0 unspecified atom stereocenters. The van der Waals surface area contributed by atoms with Gasteiger partial charge in [0.05, 0.1) is 16.1 Å². The number of benzene rings is 1. The smallest absolute Gasteiger partial charge is 0.335 e. The maximum absolute atomic E-state index is 12.5. The Morgan fingerprint density at radius 3 is 2.30 bits per heavy atom. The lowest BCUT2D eigenvalue weighted by molar-refractivity contribution is -0.384. The molecule has 0 aliphatic carbocycles. The van der Waals surface area contributed by atoms with Gasteiger partial charge < -0.3 is 15.1 Å². The van der Waals surface area contributed by atoms with Gasteiger partial charge in [-0.1, -0.05) is 6.92 Å². The van der Waals surface area contributed by atoms with Gasteiger partial charge in [-0.25, -0.2) is 4.79 Å². The van der Waals surface area contributed by atoms with Gasteiger partial charge in [0.15, 0.2) is 0 Å². The number of aromatic carboxylic acids is 1. The van der Waals surface area contributed by atoms with E-state index in [1.807, 2.05) is 6.92 Å². The van der Waals surface area contributed by atoms with Crippen LogP contribution in [0.3, 0.4) is 0 Å². The summed E-state index contributed by atoms with van der Waals surface area (Å²) in [7, 11) is 0. The van der Waals surface area contributed by atoms with E-state index in [0.717, 1.165) is 18.2 Å². The predicted octanol–water partition coefficient (Wildman–Crippen LogP) is 1.67. The summed E-state index contributed by atoms with van der Waals surface area (Å²) >= 11 is 0. The molecular formula is C15H18N2O6. The highest BCUT2D eigenvalue weighted by Crippen LogP contribution is 2.27.